The van der Waals surface area contributed by atoms with E-state index in [0.717, 1.165) is 0 Å². The molecule has 1 aromatic rings. The third-order valence-corrected chi connectivity index (χ3v) is 2.49. The molecule has 2 rings (SSSR count). The molecule has 0 amide bonds. The van der Waals surface area contributed by atoms with Gasteiger partial charge in [-0.05, 0) is 12.1 Å². The third kappa shape index (κ3) is 4.52. The van der Waals surface area contributed by atoms with Crippen LogP contribution in [0.25, 0.3) is 0 Å². The minimum Gasteiger partial charge on any atom is -0.493 e. The maximum atomic E-state index is 12.1. The maximum absolute atomic E-state index is 12.1. The predicted molar refractivity (Wildman–Crippen MR) is 64.6 cm³/mol. The molecule has 0 spiro atoms. The second-order valence-corrected chi connectivity index (χ2v) is 4.09. The normalized spacial score (nSPS) is 18.4. The number of ether oxygens (including phenoxy) is 3. The third-order valence-electron chi connectivity index (χ3n) is 2.49. The Morgan fingerprint density at radius 2 is 2.10 bits per heavy atom. The van der Waals surface area contributed by atoms with Crippen LogP contribution in [0.3, 0.4) is 0 Å². The summed E-state index contributed by atoms with van der Waals surface area (Å²) in [6.07, 6.45) is -4.16. The Balaban J connectivity index is 1.82. The van der Waals surface area contributed by atoms with Gasteiger partial charge >= 0.3 is 6.36 Å². The van der Waals surface area contributed by atoms with Gasteiger partial charge in [-0.1, -0.05) is 6.07 Å². The number of benzene rings is 1. The van der Waals surface area contributed by atoms with E-state index in [9.17, 15) is 13.2 Å². The highest BCUT2D eigenvalue weighted by Crippen LogP contribution is 2.26. The van der Waals surface area contributed by atoms with Crippen molar-refractivity contribution in [3.05, 3.63) is 24.3 Å². The maximum Gasteiger partial charge on any atom is 0.573 e. The highest BCUT2D eigenvalue weighted by atomic mass is 19.4. The van der Waals surface area contributed by atoms with E-state index in [1.807, 2.05) is 0 Å². The van der Waals surface area contributed by atoms with Gasteiger partial charge in [0.05, 0.1) is 12.6 Å². The molecule has 0 aliphatic carbocycles. The zero-order valence-corrected chi connectivity index (χ0v) is 10.4. The van der Waals surface area contributed by atoms with Crippen molar-refractivity contribution in [2.24, 2.45) is 10.7 Å². The van der Waals surface area contributed by atoms with Gasteiger partial charge in [-0.3, -0.25) is 0 Å². The molecule has 1 heterocycles. The van der Waals surface area contributed by atoms with Crippen molar-refractivity contribution < 1.29 is 27.4 Å². The summed E-state index contributed by atoms with van der Waals surface area (Å²) in [6, 6.07) is 5.42. The van der Waals surface area contributed by atoms with Crippen molar-refractivity contribution in [3.63, 3.8) is 0 Å². The van der Waals surface area contributed by atoms with Gasteiger partial charge in [0.25, 0.3) is 6.02 Å². The van der Waals surface area contributed by atoms with Crippen LogP contribution in [0.5, 0.6) is 11.5 Å². The first kappa shape index (κ1) is 14.3. The van der Waals surface area contributed by atoms with Crippen LogP contribution in [0.1, 0.15) is 6.42 Å². The van der Waals surface area contributed by atoms with E-state index in [2.05, 4.69) is 9.73 Å². The SMILES string of the molecule is NC1=NC(CCOc2cccc(OC(F)(F)F)c2)CO1. The lowest BCUT2D eigenvalue weighted by atomic mass is 10.2. The number of aliphatic imine (C=N–C) groups is 1. The molecule has 1 aliphatic heterocycles. The number of nitrogens with zero attached hydrogens (tertiary/aromatic N) is 1. The average molecular weight is 290 g/mol. The van der Waals surface area contributed by atoms with E-state index in [1.165, 1.54) is 18.2 Å². The van der Waals surface area contributed by atoms with Crippen molar-refractivity contribution in [1.29, 1.82) is 0 Å². The van der Waals surface area contributed by atoms with Gasteiger partial charge in [0.2, 0.25) is 0 Å². The first-order chi connectivity index (χ1) is 9.42. The lowest BCUT2D eigenvalue weighted by molar-refractivity contribution is -0.274. The van der Waals surface area contributed by atoms with E-state index in [-0.39, 0.29) is 17.8 Å². The second kappa shape index (κ2) is 5.89. The van der Waals surface area contributed by atoms with Crippen molar-refractivity contribution in [2.75, 3.05) is 13.2 Å². The minimum atomic E-state index is -4.72. The van der Waals surface area contributed by atoms with Crippen LogP contribution in [-0.2, 0) is 4.74 Å². The molecule has 2 N–H and O–H groups in total. The molecular weight excluding hydrogens is 277 g/mol. The molecule has 0 radical (unpaired) electrons. The van der Waals surface area contributed by atoms with E-state index in [4.69, 9.17) is 15.2 Å². The zero-order valence-electron chi connectivity index (χ0n) is 10.4. The quantitative estimate of drug-likeness (QED) is 0.901. The summed E-state index contributed by atoms with van der Waals surface area (Å²) in [6.45, 7) is 0.687. The first-order valence-electron chi connectivity index (χ1n) is 5.87. The summed E-state index contributed by atoms with van der Waals surface area (Å²) in [5.74, 6) is -0.0240. The standard InChI is InChI=1S/C12H13F3N2O3/c13-12(14,15)20-10-3-1-2-9(6-10)18-5-4-8-7-19-11(16)17-8/h1-3,6,8H,4-5,7H2,(H2,16,17). The molecule has 110 valence electrons. The Morgan fingerprint density at radius 3 is 2.75 bits per heavy atom. The molecular formula is C12H13F3N2O3. The van der Waals surface area contributed by atoms with E-state index >= 15 is 0 Å². The monoisotopic (exact) mass is 290 g/mol. The smallest absolute Gasteiger partial charge is 0.493 e. The molecule has 8 heteroatoms. The summed E-state index contributed by atoms with van der Waals surface area (Å²) >= 11 is 0. The zero-order chi connectivity index (χ0) is 14.6. The number of nitrogens with two attached hydrogens (primary N) is 1. The Hall–Kier alpha value is -2.12. The van der Waals surface area contributed by atoms with Crippen LogP contribution in [-0.4, -0.2) is 31.6 Å². The summed E-state index contributed by atoms with van der Waals surface area (Å²) in [7, 11) is 0. The molecule has 1 aliphatic rings. The Labute approximate surface area is 113 Å². The molecule has 1 aromatic carbocycles. The van der Waals surface area contributed by atoms with Crippen molar-refractivity contribution >= 4 is 6.02 Å². The number of amidine groups is 1. The van der Waals surface area contributed by atoms with Crippen LogP contribution < -0.4 is 15.2 Å². The average Bonchev–Trinajstić information content (AvgIpc) is 2.73. The Kier molecular flexibility index (Phi) is 4.21. The molecule has 0 saturated carbocycles. The molecule has 5 nitrogen and oxygen atoms in total. The lowest BCUT2D eigenvalue weighted by Gasteiger charge is -2.11. The topological polar surface area (TPSA) is 66.1 Å². The van der Waals surface area contributed by atoms with Crippen LogP contribution >= 0.6 is 0 Å². The van der Waals surface area contributed by atoms with Gasteiger partial charge in [-0.25, -0.2) is 4.99 Å². The van der Waals surface area contributed by atoms with Gasteiger partial charge in [-0.15, -0.1) is 13.2 Å². The van der Waals surface area contributed by atoms with Crippen LogP contribution in [0, 0.1) is 0 Å². The van der Waals surface area contributed by atoms with Gasteiger partial charge in [0.1, 0.15) is 18.1 Å². The van der Waals surface area contributed by atoms with E-state index < -0.39 is 6.36 Å². The fraction of sp³-hybridized carbons (Fsp3) is 0.417. The van der Waals surface area contributed by atoms with Crippen molar-refractivity contribution in [3.8, 4) is 11.5 Å². The minimum absolute atomic E-state index is 0.0791. The van der Waals surface area contributed by atoms with Gasteiger partial charge in [-0.2, -0.15) is 0 Å². The first-order valence-corrected chi connectivity index (χ1v) is 5.87. The van der Waals surface area contributed by atoms with E-state index in [1.54, 1.807) is 6.07 Å². The highest BCUT2D eigenvalue weighted by Gasteiger charge is 2.31. The number of rotatable bonds is 5. The van der Waals surface area contributed by atoms with Gasteiger partial charge in [0, 0.05) is 12.5 Å². The molecule has 1 unspecified atom stereocenters. The summed E-state index contributed by atoms with van der Waals surface area (Å²) in [4.78, 5) is 4.00. The van der Waals surface area contributed by atoms with E-state index in [0.29, 0.717) is 25.4 Å². The molecule has 0 fully saturated rings. The predicted octanol–water partition coefficient (Wildman–Crippen LogP) is 2.07. The summed E-state index contributed by atoms with van der Waals surface area (Å²) in [5, 5.41) is 0. The fourth-order valence-corrected chi connectivity index (χ4v) is 1.66. The molecule has 0 saturated heterocycles. The van der Waals surface area contributed by atoms with Crippen LogP contribution in [0.15, 0.2) is 29.3 Å². The van der Waals surface area contributed by atoms with Crippen molar-refractivity contribution in [1.82, 2.24) is 0 Å². The molecule has 0 aromatic heterocycles. The molecule has 0 bridgehead atoms. The highest BCUT2D eigenvalue weighted by molar-refractivity contribution is 5.72. The Bertz CT molecular complexity index is 491. The number of hydrogen-bond acceptors (Lipinski definition) is 5. The number of hydrogen-bond donors (Lipinski definition) is 1. The largest absolute Gasteiger partial charge is 0.573 e. The van der Waals surface area contributed by atoms with Crippen LogP contribution in [0.4, 0.5) is 13.2 Å². The number of alkyl halides is 3. The van der Waals surface area contributed by atoms with Gasteiger partial charge in [0.15, 0.2) is 0 Å². The fourth-order valence-electron chi connectivity index (χ4n) is 1.66. The summed E-state index contributed by atoms with van der Waals surface area (Å²) < 4.78 is 50.3. The summed E-state index contributed by atoms with van der Waals surface area (Å²) in [5.41, 5.74) is 5.35. The van der Waals surface area contributed by atoms with Gasteiger partial charge < -0.3 is 19.9 Å². The lowest BCUT2D eigenvalue weighted by Crippen LogP contribution is -2.17. The Morgan fingerprint density at radius 1 is 1.35 bits per heavy atom. The molecule has 1 atom stereocenters. The second-order valence-electron chi connectivity index (χ2n) is 4.09. The van der Waals surface area contributed by atoms with Crippen LogP contribution in [0.2, 0.25) is 0 Å². The van der Waals surface area contributed by atoms with Crippen molar-refractivity contribution in [2.45, 2.75) is 18.8 Å². The number of halogens is 3. The molecule has 20 heavy (non-hydrogen) atoms.